The lowest BCUT2D eigenvalue weighted by Gasteiger charge is -2.20. The molecule has 1 atom stereocenters. The fourth-order valence-electron chi connectivity index (χ4n) is 2.23. The molecule has 20 heavy (non-hydrogen) atoms. The van der Waals surface area contributed by atoms with E-state index in [9.17, 15) is 4.79 Å². The third-order valence-corrected chi connectivity index (χ3v) is 3.30. The van der Waals surface area contributed by atoms with Crippen LogP contribution in [0.15, 0.2) is 48.8 Å². The standard InChI is InChI=1S/C17H22N2O/c1-13(2)12-16(19-10-4-5-11-19)17(20)18-15-8-6-14(3)7-9-15/h4-11,13,16H,12H2,1-3H3,(H,18,20). The normalized spacial score (nSPS) is 12.4. The zero-order valence-electron chi connectivity index (χ0n) is 12.3. The van der Waals surface area contributed by atoms with Crippen LogP contribution in [0.25, 0.3) is 0 Å². The second-order valence-electron chi connectivity index (χ2n) is 5.63. The van der Waals surface area contributed by atoms with Crippen molar-refractivity contribution in [3.05, 3.63) is 54.4 Å². The first-order valence-corrected chi connectivity index (χ1v) is 7.06. The van der Waals surface area contributed by atoms with Crippen LogP contribution < -0.4 is 5.32 Å². The topological polar surface area (TPSA) is 34.0 Å². The molecule has 0 aliphatic rings. The number of rotatable bonds is 5. The first-order chi connectivity index (χ1) is 9.56. The van der Waals surface area contributed by atoms with Crippen molar-refractivity contribution in [3.63, 3.8) is 0 Å². The van der Waals surface area contributed by atoms with E-state index < -0.39 is 0 Å². The molecule has 3 nitrogen and oxygen atoms in total. The number of nitrogens with one attached hydrogen (secondary N) is 1. The van der Waals surface area contributed by atoms with Crippen LogP contribution in [0, 0.1) is 12.8 Å². The Morgan fingerprint density at radius 1 is 1.15 bits per heavy atom. The van der Waals surface area contributed by atoms with Crippen LogP contribution in [0.1, 0.15) is 31.9 Å². The predicted molar refractivity (Wildman–Crippen MR) is 82.7 cm³/mol. The third-order valence-electron chi connectivity index (χ3n) is 3.30. The summed E-state index contributed by atoms with van der Waals surface area (Å²) in [6.07, 6.45) is 4.72. The van der Waals surface area contributed by atoms with E-state index in [1.54, 1.807) is 0 Å². The van der Waals surface area contributed by atoms with Crippen LogP contribution in [-0.4, -0.2) is 10.5 Å². The summed E-state index contributed by atoms with van der Waals surface area (Å²) in [5.41, 5.74) is 2.04. The predicted octanol–water partition coefficient (Wildman–Crippen LogP) is 4.02. The van der Waals surface area contributed by atoms with Crippen molar-refractivity contribution in [2.24, 2.45) is 5.92 Å². The SMILES string of the molecule is Cc1ccc(NC(=O)C(CC(C)C)n2cccc2)cc1. The zero-order chi connectivity index (χ0) is 14.5. The van der Waals surface area contributed by atoms with Gasteiger partial charge in [-0.1, -0.05) is 31.5 Å². The van der Waals surface area contributed by atoms with Crippen LogP contribution in [0.4, 0.5) is 5.69 Å². The fraction of sp³-hybridized carbons (Fsp3) is 0.353. The highest BCUT2D eigenvalue weighted by Gasteiger charge is 2.20. The van der Waals surface area contributed by atoms with E-state index in [-0.39, 0.29) is 11.9 Å². The average molecular weight is 270 g/mol. The smallest absolute Gasteiger partial charge is 0.247 e. The quantitative estimate of drug-likeness (QED) is 0.874. The molecule has 0 saturated heterocycles. The Bertz CT molecular complexity index is 541. The molecular weight excluding hydrogens is 248 g/mol. The Labute approximate surface area is 120 Å². The summed E-state index contributed by atoms with van der Waals surface area (Å²) in [6.45, 7) is 6.30. The van der Waals surface area contributed by atoms with Crippen molar-refractivity contribution in [1.29, 1.82) is 0 Å². The number of hydrogen-bond acceptors (Lipinski definition) is 1. The molecule has 106 valence electrons. The molecule has 2 rings (SSSR count). The summed E-state index contributed by atoms with van der Waals surface area (Å²) < 4.78 is 1.98. The first kappa shape index (κ1) is 14.4. The minimum absolute atomic E-state index is 0.0405. The van der Waals surface area contributed by atoms with Crippen molar-refractivity contribution in [1.82, 2.24) is 4.57 Å². The van der Waals surface area contributed by atoms with Crippen LogP contribution in [0.5, 0.6) is 0 Å². The second-order valence-corrected chi connectivity index (χ2v) is 5.63. The molecule has 1 heterocycles. The van der Waals surface area contributed by atoms with Gasteiger partial charge in [0.2, 0.25) is 5.91 Å². The minimum atomic E-state index is -0.161. The lowest BCUT2D eigenvalue weighted by Crippen LogP contribution is -2.26. The van der Waals surface area contributed by atoms with Gasteiger partial charge in [-0.2, -0.15) is 0 Å². The number of carbonyl (C=O) groups is 1. The van der Waals surface area contributed by atoms with Crippen molar-refractivity contribution < 1.29 is 4.79 Å². The molecule has 1 unspecified atom stereocenters. The fourth-order valence-corrected chi connectivity index (χ4v) is 2.23. The summed E-state index contributed by atoms with van der Waals surface area (Å²) >= 11 is 0. The van der Waals surface area contributed by atoms with E-state index in [0.29, 0.717) is 5.92 Å². The van der Waals surface area contributed by atoms with Gasteiger partial charge < -0.3 is 9.88 Å². The molecule has 2 aromatic rings. The molecule has 1 amide bonds. The zero-order valence-corrected chi connectivity index (χ0v) is 12.3. The Morgan fingerprint density at radius 2 is 1.75 bits per heavy atom. The number of aryl methyl sites for hydroxylation is 1. The molecule has 0 radical (unpaired) electrons. The number of carbonyl (C=O) groups excluding carboxylic acids is 1. The van der Waals surface area contributed by atoms with E-state index in [2.05, 4.69) is 19.2 Å². The molecule has 3 heteroatoms. The second kappa shape index (κ2) is 6.42. The number of benzene rings is 1. The van der Waals surface area contributed by atoms with E-state index >= 15 is 0 Å². The molecule has 1 aromatic carbocycles. The lowest BCUT2D eigenvalue weighted by molar-refractivity contribution is -0.119. The highest BCUT2D eigenvalue weighted by Crippen LogP contribution is 2.20. The number of anilines is 1. The van der Waals surface area contributed by atoms with Crippen LogP contribution in [0.3, 0.4) is 0 Å². The van der Waals surface area contributed by atoms with Crippen molar-refractivity contribution in [2.75, 3.05) is 5.32 Å². The van der Waals surface area contributed by atoms with Gasteiger partial charge in [-0.25, -0.2) is 0 Å². The van der Waals surface area contributed by atoms with Crippen molar-refractivity contribution >= 4 is 11.6 Å². The molecule has 1 aromatic heterocycles. The summed E-state index contributed by atoms with van der Waals surface area (Å²) in [5.74, 6) is 0.505. The Balaban J connectivity index is 2.12. The van der Waals surface area contributed by atoms with Gasteiger partial charge in [0.25, 0.3) is 0 Å². The maximum Gasteiger partial charge on any atom is 0.247 e. The van der Waals surface area contributed by atoms with Crippen molar-refractivity contribution in [3.8, 4) is 0 Å². The largest absolute Gasteiger partial charge is 0.342 e. The van der Waals surface area contributed by atoms with E-state index in [0.717, 1.165) is 12.1 Å². The first-order valence-electron chi connectivity index (χ1n) is 7.06. The minimum Gasteiger partial charge on any atom is -0.342 e. The lowest BCUT2D eigenvalue weighted by atomic mass is 10.0. The highest BCUT2D eigenvalue weighted by atomic mass is 16.2. The molecule has 0 spiro atoms. The summed E-state index contributed by atoms with van der Waals surface area (Å²) in [4.78, 5) is 12.5. The van der Waals surface area contributed by atoms with E-state index in [1.165, 1.54) is 5.56 Å². The van der Waals surface area contributed by atoms with Crippen LogP contribution in [0.2, 0.25) is 0 Å². The van der Waals surface area contributed by atoms with Gasteiger partial charge in [0.15, 0.2) is 0 Å². The molecule has 1 N–H and O–H groups in total. The van der Waals surface area contributed by atoms with E-state index in [1.807, 2.05) is 60.3 Å². The molecule has 0 aliphatic heterocycles. The number of aromatic nitrogens is 1. The summed E-state index contributed by atoms with van der Waals surface area (Å²) in [6, 6.07) is 11.6. The molecule has 0 bridgehead atoms. The van der Waals surface area contributed by atoms with Gasteiger partial charge in [-0.15, -0.1) is 0 Å². The Morgan fingerprint density at radius 3 is 2.30 bits per heavy atom. The number of hydrogen-bond donors (Lipinski definition) is 1. The van der Waals surface area contributed by atoms with Crippen LogP contribution in [-0.2, 0) is 4.79 Å². The van der Waals surface area contributed by atoms with Crippen LogP contribution >= 0.6 is 0 Å². The number of amides is 1. The van der Waals surface area contributed by atoms with Gasteiger partial charge in [-0.3, -0.25) is 4.79 Å². The third kappa shape index (κ3) is 3.73. The van der Waals surface area contributed by atoms with Gasteiger partial charge >= 0.3 is 0 Å². The maximum atomic E-state index is 12.5. The summed E-state index contributed by atoms with van der Waals surface area (Å²) in [5, 5.41) is 3.00. The van der Waals surface area contributed by atoms with Gasteiger partial charge in [0.1, 0.15) is 6.04 Å². The monoisotopic (exact) mass is 270 g/mol. The van der Waals surface area contributed by atoms with Gasteiger partial charge in [-0.05, 0) is 43.5 Å². The Kier molecular flexibility index (Phi) is 4.61. The van der Waals surface area contributed by atoms with Gasteiger partial charge in [0, 0.05) is 18.1 Å². The molecular formula is C17H22N2O. The molecule has 0 fully saturated rings. The molecule has 0 saturated carbocycles. The average Bonchev–Trinajstić information content (AvgIpc) is 2.92. The number of nitrogens with zero attached hydrogens (tertiary/aromatic N) is 1. The maximum absolute atomic E-state index is 12.5. The van der Waals surface area contributed by atoms with E-state index in [4.69, 9.17) is 0 Å². The van der Waals surface area contributed by atoms with Gasteiger partial charge in [0.05, 0.1) is 0 Å². The van der Waals surface area contributed by atoms with Crippen molar-refractivity contribution in [2.45, 2.75) is 33.2 Å². The summed E-state index contributed by atoms with van der Waals surface area (Å²) in [7, 11) is 0. The molecule has 0 aliphatic carbocycles. The highest BCUT2D eigenvalue weighted by molar-refractivity contribution is 5.93. The Hall–Kier alpha value is -2.03.